The van der Waals surface area contributed by atoms with Crippen molar-refractivity contribution in [3.8, 4) is 0 Å². The molecule has 1 heterocycles. The second-order valence-corrected chi connectivity index (χ2v) is 6.85. The fourth-order valence-corrected chi connectivity index (χ4v) is 3.34. The van der Waals surface area contributed by atoms with Gasteiger partial charge in [0.1, 0.15) is 5.82 Å². The Balaban J connectivity index is 1.96. The maximum absolute atomic E-state index is 14.2. The number of imidazole rings is 1. The third-order valence-corrected chi connectivity index (χ3v) is 4.76. The molecule has 3 rings (SSSR count). The van der Waals surface area contributed by atoms with E-state index in [1.54, 1.807) is 4.90 Å². The highest BCUT2D eigenvalue weighted by Crippen LogP contribution is 2.20. The lowest BCUT2D eigenvalue weighted by molar-refractivity contribution is 0.0731. The summed E-state index contributed by atoms with van der Waals surface area (Å²) in [6, 6.07) is 11.5. The van der Waals surface area contributed by atoms with Gasteiger partial charge in [0.15, 0.2) is 11.6 Å². The van der Waals surface area contributed by atoms with Crippen LogP contribution in [0.25, 0.3) is 11.0 Å². The summed E-state index contributed by atoms with van der Waals surface area (Å²) in [5.41, 5.74) is 1.64. The molecule has 0 aliphatic heterocycles. The fourth-order valence-electron chi connectivity index (χ4n) is 3.34. The minimum Gasteiger partial charge on any atom is -0.331 e. The summed E-state index contributed by atoms with van der Waals surface area (Å²) < 4.78 is 29.9. The van der Waals surface area contributed by atoms with Gasteiger partial charge in [-0.1, -0.05) is 38.5 Å². The molecule has 0 aliphatic rings. The molecule has 6 heteroatoms. The summed E-state index contributed by atoms with van der Waals surface area (Å²) in [5.74, 6) is -1.88. The summed E-state index contributed by atoms with van der Waals surface area (Å²) in [5, 5.41) is 0. The number of unbranched alkanes of at least 4 members (excludes halogenated alkanes) is 1. The van der Waals surface area contributed by atoms with E-state index >= 15 is 0 Å². The zero-order valence-corrected chi connectivity index (χ0v) is 16.3. The maximum Gasteiger partial charge on any atom is 0.257 e. The van der Waals surface area contributed by atoms with Crippen molar-refractivity contribution in [1.82, 2.24) is 14.5 Å². The average Bonchev–Trinajstić information content (AvgIpc) is 3.04. The van der Waals surface area contributed by atoms with Crippen LogP contribution in [-0.4, -0.2) is 26.9 Å². The third-order valence-electron chi connectivity index (χ3n) is 4.76. The van der Waals surface area contributed by atoms with Crippen molar-refractivity contribution in [3.63, 3.8) is 0 Å². The van der Waals surface area contributed by atoms with E-state index in [4.69, 9.17) is 4.98 Å². The molecule has 3 aromatic rings. The molecular formula is C22H25F2N3O. The largest absolute Gasteiger partial charge is 0.331 e. The number of hydrogen-bond donors (Lipinski definition) is 0. The number of rotatable bonds is 8. The van der Waals surface area contributed by atoms with Gasteiger partial charge in [-0.2, -0.15) is 0 Å². The fraction of sp³-hybridized carbons (Fsp3) is 0.364. The second kappa shape index (κ2) is 8.95. The Morgan fingerprint density at radius 2 is 1.86 bits per heavy atom. The van der Waals surface area contributed by atoms with Gasteiger partial charge in [0.25, 0.3) is 5.91 Å². The zero-order chi connectivity index (χ0) is 20.1. The first-order chi connectivity index (χ1) is 13.6. The lowest BCUT2D eigenvalue weighted by Gasteiger charge is -2.23. The number of fused-ring (bicyclic) bond motifs is 1. The number of hydrogen-bond acceptors (Lipinski definition) is 2. The van der Waals surface area contributed by atoms with Crippen molar-refractivity contribution < 1.29 is 13.6 Å². The van der Waals surface area contributed by atoms with Crippen LogP contribution in [0, 0.1) is 11.6 Å². The molecule has 0 bridgehead atoms. The number of aromatic nitrogens is 2. The van der Waals surface area contributed by atoms with Crippen LogP contribution >= 0.6 is 0 Å². The van der Waals surface area contributed by atoms with Gasteiger partial charge >= 0.3 is 0 Å². The Labute approximate surface area is 163 Å². The van der Waals surface area contributed by atoms with Crippen molar-refractivity contribution in [3.05, 3.63) is 65.5 Å². The van der Waals surface area contributed by atoms with Gasteiger partial charge in [-0.25, -0.2) is 13.8 Å². The van der Waals surface area contributed by atoms with Gasteiger partial charge < -0.3 is 9.47 Å². The van der Waals surface area contributed by atoms with E-state index in [0.717, 1.165) is 42.3 Å². The molecule has 4 nitrogen and oxygen atoms in total. The zero-order valence-electron chi connectivity index (χ0n) is 16.3. The molecule has 1 amide bonds. The highest BCUT2D eigenvalue weighted by Gasteiger charge is 2.23. The van der Waals surface area contributed by atoms with E-state index in [1.165, 1.54) is 12.1 Å². The number of benzene rings is 2. The highest BCUT2D eigenvalue weighted by molar-refractivity contribution is 5.94. The van der Waals surface area contributed by atoms with E-state index in [1.807, 2.05) is 31.2 Å². The van der Waals surface area contributed by atoms with Crippen LogP contribution in [0.15, 0.2) is 42.5 Å². The van der Waals surface area contributed by atoms with Crippen LogP contribution in [-0.2, 0) is 13.1 Å². The summed E-state index contributed by atoms with van der Waals surface area (Å²) in [4.78, 5) is 19.2. The predicted molar refractivity (Wildman–Crippen MR) is 106 cm³/mol. The quantitative estimate of drug-likeness (QED) is 0.537. The maximum atomic E-state index is 14.2. The van der Waals surface area contributed by atoms with Crippen molar-refractivity contribution in [2.45, 2.75) is 46.2 Å². The van der Waals surface area contributed by atoms with Crippen LogP contribution < -0.4 is 0 Å². The number of halogens is 2. The lowest BCUT2D eigenvalue weighted by atomic mass is 10.1. The van der Waals surface area contributed by atoms with Crippen molar-refractivity contribution in [2.24, 2.45) is 0 Å². The van der Waals surface area contributed by atoms with E-state index in [-0.39, 0.29) is 12.1 Å². The molecular weight excluding hydrogens is 360 g/mol. The monoisotopic (exact) mass is 385 g/mol. The molecule has 1 aromatic heterocycles. The summed E-state index contributed by atoms with van der Waals surface area (Å²) in [6.45, 7) is 5.56. The van der Waals surface area contributed by atoms with E-state index < -0.39 is 17.5 Å². The minimum atomic E-state index is -1.10. The Kier molecular flexibility index (Phi) is 6.39. The standard InChI is InChI=1S/C22H25F2N3O/c1-3-5-14-27-19-12-7-6-11-18(19)25-20(27)15-26(13-4-2)22(28)16-9-8-10-17(23)21(16)24/h6-12H,3-5,13-15H2,1-2H3. The number of nitrogens with zero attached hydrogens (tertiary/aromatic N) is 3. The van der Waals surface area contributed by atoms with Crippen LogP contribution in [0.2, 0.25) is 0 Å². The molecule has 0 aliphatic carbocycles. The van der Waals surface area contributed by atoms with Gasteiger partial charge in [-0.15, -0.1) is 0 Å². The van der Waals surface area contributed by atoms with E-state index in [2.05, 4.69) is 11.5 Å². The number of carbonyl (C=O) groups excluding carboxylic acids is 1. The van der Waals surface area contributed by atoms with Crippen LogP contribution in [0.5, 0.6) is 0 Å². The van der Waals surface area contributed by atoms with Gasteiger partial charge in [-0.05, 0) is 37.1 Å². The van der Waals surface area contributed by atoms with Crippen molar-refractivity contribution in [2.75, 3.05) is 6.54 Å². The molecule has 148 valence electrons. The van der Waals surface area contributed by atoms with Crippen LogP contribution in [0.1, 0.15) is 49.3 Å². The molecule has 0 saturated heterocycles. The van der Waals surface area contributed by atoms with E-state index in [9.17, 15) is 13.6 Å². The summed E-state index contributed by atoms with van der Waals surface area (Å²) in [6.07, 6.45) is 2.74. The molecule has 0 unspecified atom stereocenters. The molecule has 2 aromatic carbocycles. The normalized spacial score (nSPS) is 11.1. The summed E-state index contributed by atoms with van der Waals surface area (Å²) in [7, 11) is 0. The highest BCUT2D eigenvalue weighted by atomic mass is 19.2. The Bertz CT molecular complexity index is 968. The van der Waals surface area contributed by atoms with Crippen LogP contribution in [0.3, 0.4) is 0 Å². The Morgan fingerprint density at radius 3 is 2.61 bits per heavy atom. The smallest absolute Gasteiger partial charge is 0.257 e. The first kappa shape index (κ1) is 20.0. The number of carbonyl (C=O) groups is 1. The topological polar surface area (TPSA) is 38.1 Å². The Morgan fingerprint density at radius 1 is 1.07 bits per heavy atom. The van der Waals surface area contributed by atoms with Gasteiger partial charge in [-0.3, -0.25) is 4.79 Å². The lowest BCUT2D eigenvalue weighted by Crippen LogP contribution is -2.33. The number of amides is 1. The first-order valence-corrected chi connectivity index (χ1v) is 9.74. The second-order valence-electron chi connectivity index (χ2n) is 6.85. The SMILES string of the molecule is CCCCn1c(CN(CCC)C(=O)c2cccc(F)c2F)nc2ccccc21. The molecule has 0 saturated carbocycles. The predicted octanol–water partition coefficient (Wildman–Crippen LogP) is 5.17. The average molecular weight is 385 g/mol. The first-order valence-electron chi connectivity index (χ1n) is 9.74. The molecule has 0 radical (unpaired) electrons. The van der Waals surface area contributed by atoms with Gasteiger partial charge in [0.05, 0.1) is 23.1 Å². The molecule has 0 N–H and O–H groups in total. The number of para-hydroxylation sites is 2. The van der Waals surface area contributed by atoms with Crippen LogP contribution in [0.4, 0.5) is 8.78 Å². The van der Waals surface area contributed by atoms with Gasteiger partial charge in [0, 0.05) is 13.1 Å². The molecule has 0 fully saturated rings. The third kappa shape index (κ3) is 4.06. The minimum absolute atomic E-state index is 0.246. The van der Waals surface area contributed by atoms with Gasteiger partial charge in [0.2, 0.25) is 0 Å². The Hall–Kier alpha value is -2.76. The molecule has 0 spiro atoms. The van der Waals surface area contributed by atoms with Crippen molar-refractivity contribution in [1.29, 1.82) is 0 Å². The molecule has 28 heavy (non-hydrogen) atoms. The van der Waals surface area contributed by atoms with Crippen molar-refractivity contribution >= 4 is 16.9 Å². The number of aryl methyl sites for hydroxylation is 1. The summed E-state index contributed by atoms with van der Waals surface area (Å²) >= 11 is 0. The van der Waals surface area contributed by atoms with E-state index in [0.29, 0.717) is 13.0 Å². The molecule has 0 atom stereocenters.